The number of piperidine rings is 2. The molecule has 8 aromatic heterocycles. The van der Waals surface area contributed by atoms with Crippen molar-refractivity contribution < 1.29 is 8.78 Å². The first kappa shape index (κ1) is 47.4. The van der Waals surface area contributed by atoms with E-state index in [0.29, 0.717) is 58.5 Å². The minimum atomic E-state index is -0.461. The number of halogens is 3. The van der Waals surface area contributed by atoms with E-state index in [1.807, 2.05) is 51.9 Å². The molecule has 4 fully saturated rings. The molecule has 0 amide bonds. The van der Waals surface area contributed by atoms with Gasteiger partial charge in [-0.15, -0.1) is 0 Å². The van der Waals surface area contributed by atoms with E-state index < -0.39 is 11.9 Å². The molecule has 0 radical (unpaired) electrons. The van der Waals surface area contributed by atoms with Gasteiger partial charge in [0.2, 0.25) is 36.9 Å². The van der Waals surface area contributed by atoms with Crippen LogP contribution < -0.4 is 20.9 Å². The van der Waals surface area contributed by atoms with Crippen molar-refractivity contribution in [2.75, 3.05) is 60.1 Å². The van der Waals surface area contributed by atoms with Crippen molar-refractivity contribution in [1.29, 1.82) is 0 Å². The fourth-order valence-corrected chi connectivity index (χ4v) is 11.0. The first-order valence-corrected chi connectivity index (χ1v) is 25.0. The van der Waals surface area contributed by atoms with Gasteiger partial charge in [0.05, 0.1) is 23.8 Å². The summed E-state index contributed by atoms with van der Waals surface area (Å²) in [6.45, 7) is 19.2. The van der Waals surface area contributed by atoms with Gasteiger partial charge in [0.15, 0.2) is 0 Å². The molecule has 2 saturated carbocycles. The quantitative estimate of drug-likeness (QED) is 0.109. The number of anilines is 5. The predicted octanol–water partition coefficient (Wildman–Crippen LogP) is 11.2. The number of nitrogens with two attached hydrogens (primary N) is 1. The highest BCUT2D eigenvalue weighted by molar-refractivity contribution is 6.29. The Morgan fingerprint density at radius 3 is 1.55 bits per heavy atom. The van der Waals surface area contributed by atoms with Gasteiger partial charge in [-0.3, -0.25) is 0 Å². The average molecular weight is 978 g/mol. The van der Waals surface area contributed by atoms with Crippen LogP contribution in [0.25, 0.3) is 53.6 Å². The van der Waals surface area contributed by atoms with Gasteiger partial charge in [-0.25, -0.2) is 43.0 Å². The van der Waals surface area contributed by atoms with Crippen LogP contribution in [0.1, 0.15) is 89.1 Å². The standard InChI is InChI=1S/C26H27FN8.C14H14FN5.C12H14ClN3/c1-28-14-17-9-12-34(13-10-17)19-6-7-22(30-15-19)32-26-31-16-21-20-8-11-29-24(27)23(20)35(25(21)33-26)18-4-2-3-5-18;15-12-11-9(5-6-17-12)10-7-18-14(16)19-13(10)20(11)8-3-1-2-4-8;1-14-8-10-4-6-16(7-5-10)11-2-3-12(13)15-9-11/h6-8,11,15-18H,2-5,9-10,12-14H2,(H,30,31,32,33);5-8H,1-4H2,(H2,16,18,19);2-3,9-10H,4-8H2. The molecule has 4 aliphatic rings. The van der Waals surface area contributed by atoms with Crippen LogP contribution in [0.2, 0.25) is 5.15 Å². The predicted molar refractivity (Wildman–Crippen MR) is 275 cm³/mol. The van der Waals surface area contributed by atoms with E-state index in [4.69, 9.17) is 35.5 Å². The molecular weight excluding hydrogens is 922 g/mol. The van der Waals surface area contributed by atoms with Crippen molar-refractivity contribution in [3.8, 4) is 0 Å². The minimum Gasteiger partial charge on any atom is -0.370 e. The lowest BCUT2D eigenvalue weighted by Gasteiger charge is -2.31. The van der Waals surface area contributed by atoms with Crippen molar-refractivity contribution >= 4 is 84.6 Å². The molecule has 10 heterocycles. The van der Waals surface area contributed by atoms with E-state index in [0.717, 1.165) is 142 Å². The third-order valence-electron chi connectivity index (χ3n) is 14.6. The molecule has 2 aliphatic carbocycles. The SMILES string of the molecule is Nc1ncc2c3ccnc(F)c3n(C3CCCC3)c2n1.[C-]#[N+]CC1CCN(c2ccc(Cl)nc2)CC1.[C-]#[N+]CC1CCN(c2ccc(Nc3ncc4c5ccnc(F)c5n(C5CCCC5)c4n3)nc2)CC1. The minimum absolute atomic E-state index is 0.216. The normalized spacial score (nSPS) is 17.0. The smallest absolute Gasteiger partial charge is 0.237 e. The Labute approximate surface area is 415 Å². The zero-order chi connectivity index (χ0) is 48.8. The Balaban J connectivity index is 0.000000136. The molecule has 71 heavy (non-hydrogen) atoms. The van der Waals surface area contributed by atoms with Crippen molar-refractivity contribution in [3.63, 3.8) is 0 Å². The van der Waals surface area contributed by atoms with E-state index in [1.54, 1.807) is 12.4 Å². The highest BCUT2D eigenvalue weighted by Crippen LogP contribution is 2.40. The molecule has 0 spiro atoms. The van der Waals surface area contributed by atoms with Gasteiger partial charge in [0.25, 0.3) is 0 Å². The molecule has 364 valence electrons. The summed E-state index contributed by atoms with van der Waals surface area (Å²) in [5.74, 6) is 1.49. The Kier molecular flexibility index (Phi) is 14.3. The number of nitrogens with one attached hydrogen (secondary N) is 1. The molecule has 0 atom stereocenters. The zero-order valence-electron chi connectivity index (χ0n) is 39.4. The topological polar surface area (TPSA) is 166 Å². The molecule has 2 saturated heterocycles. The molecule has 12 rings (SSSR count). The summed E-state index contributed by atoms with van der Waals surface area (Å²) < 4.78 is 33.0. The lowest BCUT2D eigenvalue weighted by molar-refractivity contribution is 0.430. The molecule has 16 nitrogen and oxygen atoms in total. The van der Waals surface area contributed by atoms with E-state index >= 15 is 0 Å². The lowest BCUT2D eigenvalue weighted by atomic mass is 9.97. The monoisotopic (exact) mass is 976 g/mol. The van der Waals surface area contributed by atoms with Gasteiger partial charge in [0, 0.05) is 96.4 Å². The summed E-state index contributed by atoms with van der Waals surface area (Å²) in [6, 6.07) is 12.0. The molecule has 2 aliphatic heterocycles. The summed E-state index contributed by atoms with van der Waals surface area (Å²) in [6.07, 6.45) is 23.1. The summed E-state index contributed by atoms with van der Waals surface area (Å²) in [5, 5.41) is 7.03. The maximum Gasteiger partial charge on any atom is 0.237 e. The second-order valence-electron chi connectivity index (χ2n) is 18.9. The van der Waals surface area contributed by atoms with Crippen LogP contribution in [0, 0.1) is 36.9 Å². The van der Waals surface area contributed by atoms with Crippen LogP contribution >= 0.6 is 11.6 Å². The van der Waals surface area contributed by atoms with Gasteiger partial charge in [-0.05, 0) is 87.8 Å². The van der Waals surface area contributed by atoms with Crippen molar-refractivity contribution in [3.05, 3.63) is 113 Å². The largest absolute Gasteiger partial charge is 0.370 e. The van der Waals surface area contributed by atoms with Crippen LogP contribution in [0.3, 0.4) is 0 Å². The fourth-order valence-electron chi connectivity index (χ4n) is 10.9. The molecule has 0 bridgehead atoms. The number of nitrogens with zero attached hydrogens (tertiary/aromatic N) is 14. The number of nitrogen functional groups attached to an aromatic ring is 1. The summed E-state index contributed by atoms with van der Waals surface area (Å²) in [7, 11) is 0. The number of aromatic nitrogens is 10. The Hall–Kier alpha value is -7.31. The highest BCUT2D eigenvalue weighted by atomic mass is 35.5. The molecule has 0 unspecified atom stereocenters. The summed E-state index contributed by atoms with van der Waals surface area (Å²) in [4.78, 5) is 45.7. The van der Waals surface area contributed by atoms with Crippen LogP contribution in [-0.4, -0.2) is 88.3 Å². The third-order valence-corrected chi connectivity index (χ3v) is 14.8. The summed E-state index contributed by atoms with van der Waals surface area (Å²) in [5.41, 5.74) is 10.4. The Bertz CT molecular complexity index is 3210. The second-order valence-corrected chi connectivity index (χ2v) is 19.3. The van der Waals surface area contributed by atoms with Crippen LogP contribution in [0.15, 0.2) is 73.6 Å². The molecule has 3 N–H and O–H groups in total. The van der Waals surface area contributed by atoms with Crippen molar-refractivity contribution in [2.45, 2.75) is 89.1 Å². The number of pyridine rings is 4. The van der Waals surface area contributed by atoms with Crippen molar-refractivity contribution in [2.24, 2.45) is 11.8 Å². The number of hydrogen-bond donors (Lipinski definition) is 2. The Morgan fingerprint density at radius 1 is 0.577 bits per heavy atom. The second kappa shape index (κ2) is 21.4. The van der Waals surface area contributed by atoms with Crippen LogP contribution in [0.5, 0.6) is 0 Å². The molecule has 0 aromatic carbocycles. The molecular formula is C52H55ClF2N16. The first-order valence-electron chi connectivity index (χ1n) is 24.6. The molecule has 8 aromatic rings. The van der Waals surface area contributed by atoms with Gasteiger partial charge < -0.3 is 39.7 Å². The van der Waals surface area contributed by atoms with E-state index in [9.17, 15) is 8.78 Å². The van der Waals surface area contributed by atoms with Gasteiger partial charge in [-0.1, -0.05) is 37.3 Å². The fraction of sp³-hybridized carbons (Fsp3) is 0.423. The van der Waals surface area contributed by atoms with Crippen LogP contribution in [0.4, 0.5) is 37.9 Å². The van der Waals surface area contributed by atoms with Gasteiger partial charge >= 0.3 is 0 Å². The van der Waals surface area contributed by atoms with Crippen LogP contribution in [-0.2, 0) is 0 Å². The van der Waals surface area contributed by atoms with Crippen molar-refractivity contribution in [1.82, 2.24) is 49.0 Å². The zero-order valence-corrected chi connectivity index (χ0v) is 40.2. The maximum absolute atomic E-state index is 14.8. The van der Waals surface area contributed by atoms with Gasteiger partial charge in [-0.2, -0.15) is 18.7 Å². The van der Waals surface area contributed by atoms with E-state index in [-0.39, 0.29) is 18.0 Å². The molecule has 19 heteroatoms. The van der Waals surface area contributed by atoms with E-state index in [2.05, 4.69) is 65.8 Å². The third kappa shape index (κ3) is 10.2. The Morgan fingerprint density at radius 2 is 1.07 bits per heavy atom. The highest BCUT2D eigenvalue weighted by Gasteiger charge is 2.28. The van der Waals surface area contributed by atoms with Gasteiger partial charge in [0.1, 0.15) is 33.3 Å². The average Bonchev–Trinajstić information content (AvgIpc) is 4.23. The number of fused-ring (bicyclic) bond motifs is 6. The first-order chi connectivity index (χ1) is 34.8. The van der Waals surface area contributed by atoms with E-state index in [1.165, 1.54) is 12.4 Å². The summed E-state index contributed by atoms with van der Waals surface area (Å²) >= 11 is 5.75. The number of rotatable bonds is 8. The lowest BCUT2D eigenvalue weighted by Crippen LogP contribution is -2.34. The maximum atomic E-state index is 14.8. The number of hydrogen-bond acceptors (Lipinski definition) is 12.